The van der Waals surface area contributed by atoms with Gasteiger partial charge in [0.15, 0.2) is 0 Å². The smallest absolute Gasteiger partial charge is 0.323 e. The molecule has 120 valence electrons. The van der Waals surface area contributed by atoms with Gasteiger partial charge >= 0.3 is 5.97 Å². The molecule has 1 heterocycles. The highest BCUT2D eigenvalue weighted by Crippen LogP contribution is 2.22. The first kappa shape index (κ1) is 16.4. The van der Waals surface area contributed by atoms with Crippen molar-refractivity contribution in [2.45, 2.75) is 25.0 Å². The maximum Gasteiger partial charge on any atom is 0.323 e. The molecule has 0 aliphatic carbocycles. The van der Waals surface area contributed by atoms with Gasteiger partial charge in [0.2, 0.25) is 0 Å². The van der Waals surface area contributed by atoms with E-state index in [4.69, 9.17) is 9.47 Å². The van der Waals surface area contributed by atoms with E-state index in [1.807, 2.05) is 4.90 Å². The van der Waals surface area contributed by atoms with Crippen LogP contribution in [-0.2, 0) is 20.7 Å². The van der Waals surface area contributed by atoms with Crippen molar-refractivity contribution in [1.82, 2.24) is 4.90 Å². The van der Waals surface area contributed by atoms with Crippen LogP contribution >= 0.6 is 0 Å². The van der Waals surface area contributed by atoms with Gasteiger partial charge in [0.1, 0.15) is 6.04 Å². The maximum atomic E-state index is 11.8. The number of hydrogen-bond acceptors (Lipinski definition) is 6. The van der Waals surface area contributed by atoms with E-state index in [2.05, 4.69) is 0 Å². The lowest BCUT2D eigenvalue weighted by Gasteiger charge is -2.21. The highest BCUT2D eigenvalue weighted by atomic mass is 16.6. The van der Waals surface area contributed by atoms with Crippen molar-refractivity contribution in [2.24, 2.45) is 0 Å². The third-order valence-electron chi connectivity index (χ3n) is 4.01. The lowest BCUT2D eigenvalue weighted by atomic mass is 10.1. The van der Waals surface area contributed by atoms with Crippen LogP contribution in [0.5, 0.6) is 0 Å². The molecule has 1 aliphatic heterocycles. The molecule has 2 rings (SSSR count). The van der Waals surface area contributed by atoms with Crippen LogP contribution in [-0.4, -0.2) is 55.2 Å². The molecular weight excluding hydrogens is 288 g/mol. The number of nitro benzene ring substituents is 1. The zero-order chi connectivity index (χ0) is 16.1. The van der Waals surface area contributed by atoms with E-state index in [0.29, 0.717) is 25.9 Å². The van der Waals surface area contributed by atoms with E-state index in [-0.39, 0.29) is 23.8 Å². The second-order valence-electron chi connectivity index (χ2n) is 5.30. The van der Waals surface area contributed by atoms with E-state index in [1.54, 1.807) is 19.2 Å². The number of non-ortho nitro benzene ring substituents is 1. The number of carbonyl (C=O) groups excluding carboxylic acids is 1. The number of nitro groups is 1. The molecule has 1 aliphatic rings. The van der Waals surface area contributed by atoms with Gasteiger partial charge in [-0.15, -0.1) is 0 Å². The highest BCUT2D eigenvalue weighted by Gasteiger charge is 2.37. The normalized spacial score (nSPS) is 21.7. The van der Waals surface area contributed by atoms with Crippen molar-refractivity contribution >= 4 is 11.7 Å². The average Bonchev–Trinajstić information content (AvgIpc) is 2.96. The van der Waals surface area contributed by atoms with Crippen molar-refractivity contribution in [2.75, 3.05) is 27.3 Å². The number of hydrogen-bond donors (Lipinski definition) is 0. The molecule has 1 saturated heterocycles. The average molecular weight is 308 g/mol. The molecule has 0 saturated carbocycles. The van der Waals surface area contributed by atoms with Gasteiger partial charge in [-0.3, -0.25) is 19.8 Å². The maximum absolute atomic E-state index is 11.8. The van der Waals surface area contributed by atoms with Crippen molar-refractivity contribution in [3.8, 4) is 0 Å². The number of ether oxygens (including phenoxy) is 2. The third-order valence-corrected chi connectivity index (χ3v) is 4.01. The second kappa shape index (κ2) is 7.33. The van der Waals surface area contributed by atoms with Gasteiger partial charge < -0.3 is 9.47 Å². The molecule has 0 bridgehead atoms. The zero-order valence-corrected chi connectivity index (χ0v) is 12.7. The molecule has 22 heavy (non-hydrogen) atoms. The lowest BCUT2D eigenvalue weighted by Crippen LogP contribution is -2.38. The Bertz CT molecular complexity index is 531. The molecule has 2 unspecified atom stereocenters. The molecule has 0 radical (unpaired) electrons. The SMILES string of the molecule is COC(=O)C1CC(OC)CN1CCc1ccc([N+](=O)[O-])cc1. The molecule has 0 amide bonds. The summed E-state index contributed by atoms with van der Waals surface area (Å²) in [7, 11) is 3.02. The van der Waals surface area contributed by atoms with Crippen molar-refractivity contribution in [1.29, 1.82) is 0 Å². The van der Waals surface area contributed by atoms with Gasteiger partial charge in [0, 0.05) is 38.8 Å². The number of esters is 1. The van der Waals surface area contributed by atoms with Gasteiger partial charge in [-0.25, -0.2) is 0 Å². The Kier molecular flexibility index (Phi) is 5.46. The minimum absolute atomic E-state index is 0.0287. The van der Waals surface area contributed by atoms with Gasteiger partial charge in [0.05, 0.1) is 18.1 Å². The summed E-state index contributed by atoms with van der Waals surface area (Å²) in [6.07, 6.45) is 1.37. The molecule has 7 nitrogen and oxygen atoms in total. The summed E-state index contributed by atoms with van der Waals surface area (Å²) in [5.41, 5.74) is 1.08. The molecule has 1 fully saturated rings. The minimum atomic E-state index is -0.416. The van der Waals surface area contributed by atoms with Crippen LogP contribution < -0.4 is 0 Å². The Morgan fingerprint density at radius 1 is 1.36 bits per heavy atom. The van der Waals surface area contributed by atoms with Crippen molar-refractivity contribution < 1.29 is 19.2 Å². The van der Waals surface area contributed by atoms with Gasteiger partial charge in [-0.2, -0.15) is 0 Å². The number of nitrogens with zero attached hydrogens (tertiary/aromatic N) is 2. The van der Waals surface area contributed by atoms with Crippen LogP contribution in [0.1, 0.15) is 12.0 Å². The Morgan fingerprint density at radius 3 is 2.59 bits per heavy atom. The zero-order valence-electron chi connectivity index (χ0n) is 12.7. The lowest BCUT2D eigenvalue weighted by molar-refractivity contribution is -0.384. The molecular formula is C15H20N2O5. The number of rotatable bonds is 6. The van der Waals surface area contributed by atoms with E-state index in [9.17, 15) is 14.9 Å². The quantitative estimate of drug-likeness (QED) is 0.449. The predicted octanol–water partition coefficient (Wildman–Crippen LogP) is 1.40. The Morgan fingerprint density at radius 2 is 2.05 bits per heavy atom. The fraction of sp³-hybridized carbons (Fsp3) is 0.533. The Hall–Kier alpha value is -1.99. The summed E-state index contributed by atoms with van der Waals surface area (Å²) in [6, 6.07) is 6.20. The van der Waals surface area contributed by atoms with Crippen molar-refractivity contribution in [3.05, 3.63) is 39.9 Å². The first-order valence-electron chi connectivity index (χ1n) is 7.13. The molecule has 0 spiro atoms. The fourth-order valence-corrected chi connectivity index (χ4v) is 2.72. The standard InChI is InChI=1S/C15H20N2O5/c1-21-13-9-14(15(18)22-2)16(10-13)8-7-11-3-5-12(6-4-11)17(19)20/h3-6,13-14H,7-10H2,1-2H3. The van der Waals surface area contributed by atoms with Crippen LogP contribution in [0, 0.1) is 10.1 Å². The number of benzene rings is 1. The van der Waals surface area contributed by atoms with Gasteiger partial charge in [0.25, 0.3) is 5.69 Å². The van der Waals surface area contributed by atoms with E-state index >= 15 is 0 Å². The first-order chi connectivity index (χ1) is 10.5. The largest absolute Gasteiger partial charge is 0.468 e. The van der Waals surface area contributed by atoms with Crippen LogP contribution in [0.15, 0.2) is 24.3 Å². The van der Waals surface area contributed by atoms with Crippen LogP contribution in [0.4, 0.5) is 5.69 Å². The molecule has 0 aromatic heterocycles. The highest BCUT2D eigenvalue weighted by molar-refractivity contribution is 5.76. The molecule has 2 atom stereocenters. The number of carbonyl (C=O) groups is 1. The number of likely N-dealkylation sites (tertiary alicyclic amines) is 1. The molecule has 1 aromatic carbocycles. The summed E-state index contributed by atoms with van der Waals surface area (Å²) in [5.74, 6) is -0.247. The van der Waals surface area contributed by atoms with Crippen LogP contribution in [0.2, 0.25) is 0 Å². The Balaban J connectivity index is 1.96. The van der Waals surface area contributed by atoms with E-state index < -0.39 is 4.92 Å². The van der Waals surface area contributed by atoms with Crippen LogP contribution in [0.3, 0.4) is 0 Å². The monoisotopic (exact) mass is 308 g/mol. The summed E-state index contributed by atoms with van der Waals surface area (Å²) in [4.78, 5) is 24.1. The molecule has 7 heteroatoms. The molecule has 0 N–H and O–H groups in total. The van der Waals surface area contributed by atoms with Crippen LogP contribution in [0.25, 0.3) is 0 Å². The summed E-state index contributed by atoms with van der Waals surface area (Å²) < 4.78 is 10.2. The second-order valence-corrected chi connectivity index (χ2v) is 5.30. The van der Waals surface area contributed by atoms with Crippen molar-refractivity contribution in [3.63, 3.8) is 0 Å². The summed E-state index contributed by atoms with van der Waals surface area (Å²) in [5, 5.41) is 10.6. The van der Waals surface area contributed by atoms with E-state index in [1.165, 1.54) is 19.2 Å². The number of methoxy groups -OCH3 is 2. The minimum Gasteiger partial charge on any atom is -0.468 e. The molecule has 1 aromatic rings. The topological polar surface area (TPSA) is 81.9 Å². The predicted molar refractivity (Wildman–Crippen MR) is 79.6 cm³/mol. The summed E-state index contributed by atoms with van der Waals surface area (Å²) in [6.45, 7) is 1.36. The first-order valence-corrected chi connectivity index (χ1v) is 7.13. The van der Waals surface area contributed by atoms with E-state index in [0.717, 1.165) is 5.56 Å². The summed E-state index contributed by atoms with van der Waals surface area (Å²) >= 11 is 0. The van der Waals surface area contributed by atoms with Gasteiger partial charge in [-0.1, -0.05) is 12.1 Å². The van der Waals surface area contributed by atoms with Gasteiger partial charge in [-0.05, 0) is 12.0 Å². The fourth-order valence-electron chi connectivity index (χ4n) is 2.72. The Labute approximate surface area is 129 Å². The third kappa shape index (κ3) is 3.80.